The maximum Gasteiger partial charge on any atom is 0.243 e. The first-order chi connectivity index (χ1) is 9.98. The van der Waals surface area contributed by atoms with Crippen LogP contribution in [-0.4, -0.2) is 49.8 Å². The van der Waals surface area contributed by atoms with E-state index in [4.69, 9.17) is 5.73 Å². The van der Waals surface area contributed by atoms with Crippen LogP contribution in [0, 0.1) is 0 Å². The Bertz CT molecular complexity index is 586. The molecule has 1 saturated heterocycles. The van der Waals surface area contributed by atoms with Gasteiger partial charge in [0.1, 0.15) is 0 Å². The zero-order chi connectivity index (χ0) is 15.0. The number of piperazine rings is 1. The average molecular weight is 309 g/mol. The van der Waals surface area contributed by atoms with Gasteiger partial charge in [0.25, 0.3) is 0 Å². The molecule has 0 amide bonds. The zero-order valence-corrected chi connectivity index (χ0v) is 13.2. The van der Waals surface area contributed by atoms with Gasteiger partial charge in [0.15, 0.2) is 0 Å². The number of rotatable bonds is 4. The van der Waals surface area contributed by atoms with Crippen LogP contribution in [0.25, 0.3) is 0 Å². The summed E-state index contributed by atoms with van der Waals surface area (Å²) < 4.78 is 26.9. The summed E-state index contributed by atoms with van der Waals surface area (Å²) >= 11 is 0. The van der Waals surface area contributed by atoms with E-state index in [-0.39, 0.29) is 6.04 Å². The van der Waals surface area contributed by atoms with E-state index in [1.54, 1.807) is 28.6 Å². The SMILES string of the molecule is CC(N)c1ccc(S(=O)(=O)N2CCN(C3CC3)CC2)cc1. The molecule has 0 spiro atoms. The van der Waals surface area contributed by atoms with Crippen molar-refractivity contribution >= 4 is 10.0 Å². The first-order valence-electron chi connectivity index (χ1n) is 7.58. The summed E-state index contributed by atoms with van der Waals surface area (Å²) in [6.45, 7) is 4.77. The fraction of sp³-hybridized carbons (Fsp3) is 0.600. The maximum atomic E-state index is 12.6. The van der Waals surface area contributed by atoms with Gasteiger partial charge in [-0.05, 0) is 37.5 Å². The number of benzene rings is 1. The van der Waals surface area contributed by atoms with Crippen molar-refractivity contribution in [3.8, 4) is 0 Å². The molecule has 1 aromatic rings. The molecule has 1 aromatic carbocycles. The largest absolute Gasteiger partial charge is 0.324 e. The lowest BCUT2D eigenvalue weighted by Gasteiger charge is -2.34. The molecule has 0 radical (unpaired) electrons. The second-order valence-electron chi connectivity index (χ2n) is 6.03. The highest BCUT2D eigenvalue weighted by molar-refractivity contribution is 7.89. The van der Waals surface area contributed by atoms with Gasteiger partial charge in [0.2, 0.25) is 10.0 Å². The summed E-state index contributed by atoms with van der Waals surface area (Å²) in [6, 6.07) is 7.57. The Morgan fingerprint density at radius 3 is 2.14 bits per heavy atom. The van der Waals surface area contributed by atoms with Crippen LogP contribution in [-0.2, 0) is 10.0 Å². The second kappa shape index (κ2) is 5.68. The van der Waals surface area contributed by atoms with Gasteiger partial charge in [0, 0.05) is 38.3 Å². The van der Waals surface area contributed by atoms with Crippen molar-refractivity contribution in [3.05, 3.63) is 29.8 Å². The number of hydrogen-bond donors (Lipinski definition) is 1. The monoisotopic (exact) mass is 309 g/mol. The Balaban J connectivity index is 1.71. The molecule has 2 N–H and O–H groups in total. The van der Waals surface area contributed by atoms with Gasteiger partial charge >= 0.3 is 0 Å². The minimum Gasteiger partial charge on any atom is -0.324 e. The molecule has 3 rings (SSSR count). The first-order valence-corrected chi connectivity index (χ1v) is 9.02. The second-order valence-corrected chi connectivity index (χ2v) is 7.97. The fourth-order valence-corrected chi connectivity index (χ4v) is 4.26. The molecular weight excluding hydrogens is 286 g/mol. The highest BCUT2D eigenvalue weighted by Gasteiger charge is 2.34. The molecule has 1 heterocycles. The van der Waals surface area contributed by atoms with Gasteiger partial charge in [0.05, 0.1) is 4.90 Å². The third-order valence-corrected chi connectivity index (χ3v) is 6.29. The van der Waals surface area contributed by atoms with E-state index in [1.165, 1.54) is 12.8 Å². The van der Waals surface area contributed by atoms with Crippen molar-refractivity contribution in [2.75, 3.05) is 26.2 Å². The van der Waals surface area contributed by atoms with Gasteiger partial charge in [-0.2, -0.15) is 4.31 Å². The molecule has 5 nitrogen and oxygen atoms in total. The van der Waals surface area contributed by atoms with Gasteiger partial charge in [-0.15, -0.1) is 0 Å². The third-order valence-electron chi connectivity index (χ3n) is 4.38. The van der Waals surface area contributed by atoms with Crippen molar-refractivity contribution in [2.45, 2.75) is 36.7 Å². The highest BCUT2D eigenvalue weighted by atomic mass is 32.2. The van der Waals surface area contributed by atoms with Crippen LogP contribution in [0.15, 0.2) is 29.2 Å². The normalized spacial score (nSPS) is 23.1. The lowest BCUT2D eigenvalue weighted by Crippen LogP contribution is -2.49. The summed E-state index contributed by atoms with van der Waals surface area (Å²) in [5.41, 5.74) is 6.75. The van der Waals surface area contributed by atoms with E-state index in [2.05, 4.69) is 4.90 Å². The van der Waals surface area contributed by atoms with Crippen molar-refractivity contribution in [3.63, 3.8) is 0 Å². The zero-order valence-electron chi connectivity index (χ0n) is 12.4. The molecule has 0 aromatic heterocycles. The lowest BCUT2D eigenvalue weighted by atomic mass is 10.1. The number of hydrogen-bond acceptors (Lipinski definition) is 4. The first kappa shape index (κ1) is 15.0. The Morgan fingerprint density at radius 1 is 1.10 bits per heavy atom. The fourth-order valence-electron chi connectivity index (χ4n) is 2.84. The lowest BCUT2D eigenvalue weighted by molar-refractivity contribution is 0.180. The van der Waals surface area contributed by atoms with E-state index in [0.717, 1.165) is 18.7 Å². The topological polar surface area (TPSA) is 66.6 Å². The summed E-state index contributed by atoms with van der Waals surface area (Å²) in [6.07, 6.45) is 2.54. The van der Waals surface area contributed by atoms with Crippen LogP contribution in [0.4, 0.5) is 0 Å². The molecule has 21 heavy (non-hydrogen) atoms. The van der Waals surface area contributed by atoms with E-state index >= 15 is 0 Å². The average Bonchev–Trinajstić information content (AvgIpc) is 3.32. The molecule has 2 fully saturated rings. The van der Waals surface area contributed by atoms with Crippen molar-refractivity contribution in [1.29, 1.82) is 0 Å². The third kappa shape index (κ3) is 3.13. The van der Waals surface area contributed by atoms with Crippen LogP contribution in [0.3, 0.4) is 0 Å². The number of sulfonamides is 1. The summed E-state index contributed by atoms with van der Waals surface area (Å²) in [5.74, 6) is 0. The molecule has 1 aliphatic carbocycles. The van der Waals surface area contributed by atoms with Crippen LogP contribution in [0.2, 0.25) is 0 Å². The van der Waals surface area contributed by atoms with E-state index in [0.29, 0.717) is 24.0 Å². The molecule has 0 bridgehead atoms. The maximum absolute atomic E-state index is 12.6. The quantitative estimate of drug-likeness (QED) is 0.907. The van der Waals surface area contributed by atoms with E-state index in [1.807, 2.05) is 6.92 Å². The van der Waals surface area contributed by atoms with E-state index < -0.39 is 10.0 Å². The molecule has 1 unspecified atom stereocenters. The Kier molecular flexibility index (Phi) is 4.05. The summed E-state index contributed by atoms with van der Waals surface area (Å²) in [7, 11) is -3.37. The molecule has 2 aliphatic rings. The van der Waals surface area contributed by atoms with Gasteiger partial charge in [-0.1, -0.05) is 12.1 Å². The smallest absolute Gasteiger partial charge is 0.243 e. The molecule has 6 heteroatoms. The summed E-state index contributed by atoms with van der Waals surface area (Å²) in [5, 5.41) is 0. The van der Waals surface area contributed by atoms with Crippen LogP contribution < -0.4 is 5.73 Å². The molecule has 1 atom stereocenters. The minimum atomic E-state index is -3.37. The molecule has 1 saturated carbocycles. The minimum absolute atomic E-state index is 0.0798. The number of nitrogens with zero attached hydrogens (tertiary/aromatic N) is 2. The Hall–Kier alpha value is -0.950. The van der Waals surface area contributed by atoms with Crippen molar-refractivity contribution < 1.29 is 8.42 Å². The standard InChI is InChI=1S/C15H23N3O2S/c1-12(16)13-2-6-15(7-3-13)21(19,20)18-10-8-17(9-11-18)14-4-5-14/h2-3,6-7,12,14H,4-5,8-11,16H2,1H3. The van der Waals surface area contributed by atoms with Crippen LogP contribution >= 0.6 is 0 Å². The Morgan fingerprint density at radius 2 is 1.67 bits per heavy atom. The van der Waals surface area contributed by atoms with E-state index in [9.17, 15) is 8.42 Å². The number of nitrogens with two attached hydrogens (primary N) is 1. The molecule has 1 aliphatic heterocycles. The van der Waals surface area contributed by atoms with Crippen molar-refractivity contribution in [2.24, 2.45) is 5.73 Å². The predicted molar refractivity (Wildman–Crippen MR) is 82.4 cm³/mol. The van der Waals surface area contributed by atoms with Crippen LogP contribution in [0.5, 0.6) is 0 Å². The summed E-state index contributed by atoms with van der Waals surface area (Å²) in [4.78, 5) is 2.78. The Labute approximate surface area is 126 Å². The van der Waals surface area contributed by atoms with Crippen LogP contribution in [0.1, 0.15) is 31.4 Å². The molecular formula is C15H23N3O2S. The van der Waals surface area contributed by atoms with Gasteiger partial charge in [-0.3, -0.25) is 4.90 Å². The predicted octanol–water partition coefficient (Wildman–Crippen LogP) is 1.17. The van der Waals surface area contributed by atoms with Crippen molar-refractivity contribution in [1.82, 2.24) is 9.21 Å². The molecule has 116 valence electrons. The van der Waals surface area contributed by atoms with Gasteiger partial charge in [-0.25, -0.2) is 8.42 Å². The van der Waals surface area contributed by atoms with Gasteiger partial charge < -0.3 is 5.73 Å². The highest BCUT2D eigenvalue weighted by Crippen LogP contribution is 2.28.